The van der Waals surface area contributed by atoms with Gasteiger partial charge in [-0.3, -0.25) is 0 Å². The van der Waals surface area contributed by atoms with Gasteiger partial charge < -0.3 is 4.90 Å². The van der Waals surface area contributed by atoms with Gasteiger partial charge in [-0.15, -0.1) is 0 Å². The fourth-order valence-corrected chi connectivity index (χ4v) is 11.1. The summed E-state index contributed by atoms with van der Waals surface area (Å²) in [5.41, 5.74) is 25.8. The van der Waals surface area contributed by atoms with Crippen molar-refractivity contribution >= 4 is 17.1 Å². The van der Waals surface area contributed by atoms with Gasteiger partial charge in [0.25, 0.3) is 0 Å². The van der Waals surface area contributed by atoms with Crippen molar-refractivity contribution < 1.29 is 0 Å². The Balaban J connectivity index is 1.07. The zero-order valence-corrected chi connectivity index (χ0v) is 34.0. The molecule has 0 spiro atoms. The summed E-state index contributed by atoms with van der Waals surface area (Å²) in [4.78, 5) is 2.47. The topological polar surface area (TPSA) is 3.24 Å². The minimum absolute atomic E-state index is 0.514. The Morgan fingerprint density at radius 2 is 0.661 bits per heavy atom. The molecule has 0 unspecified atom stereocenters. The Morgan fingerprint density at radius 3 is 1.31 bits per heavy atom. The first-order valence-electron chi connectivity index (χ1n) is 21.6. The molecule has 1 nitrogen and oxygen atoms in total. The first-order valence-corrected chi connectivity index (χ1v) is 21.6. The van der Waals surface area contributed by atoms with E-state index in [0.29, 0.717) is 0 Å². The number of rotatable bonds is 6. The molecule has 10 aromatic carbocycles. The van der Waals surface area contributed by atoms with E-state index in [2.05, 4.69) is 241 Å². The molecule has 0 fully saturated rings. The van der Waals surface area contributed by atoms with Crippen LogP contribution >= 0.6 is 0 Å². The highest BCUT2D eigenvalue weighted by atomic mass is 15.1. The van der Waals surface area contributed by atoms with Crippen LogP contribution in [0.15, 0.2) is 237 Å². The molecule has 0 atom stereocenters. The second-order valence-corrected chi connectivity index (χ2v) is 16.7. The average Bonchev–Trinajstić information content (AvgIpc) is 3.58. The van der Waals surface area contributed by atoms with Gasteiger partial charge in [-0.25, -0.2) is 0 Å². The third-order valence-electron chi connectivity index (χ3n) is 13.7. The largest absolute Gasteiger partial charge is 0.310 e. The number of benzene rings is 10. The van der Waals surface area contributed by atoms with E-state index < -0.39 is 5.41 Å². The molecule has 6 bridgehead atoms. The maximum absolute atomic E-state index is 2.48. The number of anilines is 3. The van der Waals surface area contributed by atoms with E-state index in [-0.39, 0.29) is 0 Å². The van der Waals surface area contributed by atoms with E-state index in [4.69, 9.17) is 0 Å². The van der Waals surface area contributed by atoms with Crippen molar-refractivity contribution in [2.45, 2.75) is 5.41 Å². The molecule has 13 rings (SSSR count). The molecule has 1 heteroatoms. The molecule has 0 saturated carbocycles. The standard InChI is InChI=1S/C61H39N/c1-4-16-40(17-5-1)41-30-32-44(33-31-41)62(45-34-36-48-53-26-15-27-54-55-28-14-25-52(60(55)56(48)38-45)47-22-10-11-24-51(47)59(53)54)46-35-37-50-49-23-12-13-29-57(49)61(58(50)39-46,42-18-6-2-7-19-42)43-20-8-3-9-21-43/h1-39H. The molecule has 0 aliphatic heterocycles. The molecule has 0 aromatic heterocycles. The van der Waals surface area contributed by atoms with Crippen LogP contribution in [0.25, 0.3) is 77.9 Å². The van der Waals surface area contributed by atoms with Crippen LogP contribution in [0.2, 0.25) is 0 Å². The molecular weight excluding hydrogens is 747 g/mol. The van der Waals surface area contributed by atoms with E-state index in [1.807, 2.05) is 0 Å². The molecule has 62 heavy (non-hydrogen) atoms. The molecule has 0 amide bonds. The Kier molecular flexibility index (Phi) is 7.59. The zero-order chi connectivity index (χ0) is 40.8. The highest BCUT2D eigenvalue weighted by molar-refractivity contribution is 6.15. The smallest absolute Gasteiger partial charge is 0.0714 e. The highest BCUT2D eigenvalue weighted by Gasteiger charge is 2.46. The van der Waals surface area contributed by atoms with Crippen LogP contribution in [-0.2, 0) is 5.41 Å². The summed E-state index contributed by atoms with van der Waals surface area (Å²) in [6.45, 7) is 0. The summed E-state index contributed by atoms with van der Waals surface area (Å²) in [5.74, 6) is 0. The first kappa shape index (κ1) is 34.8. The second kappa shape index (κ2) is 13.5. The van der Waals surface area contributed by atoms with Gasteiger partial charge in [0.15, 0.2) is 0 Å². The van der Waals surface area contributed by atoms with E-state index >= 15 is 0 Å². The molecule has 0 radical (unpaired) electrons. The van der Waals surface area contributed by atoms with Crippen LogP contribution in [0.1, 0.15) is 22.3 Å². The van der Waals surface area contributed by atoms with Gasteiger partial charge in [-0.1, -0.05) is 200 Å². The van der Waals surface area contributed by atoms with Gasteiger partial charge in [0.05, 0.1) is 5.41 Å². The second-order valence-electron chi connectivity index (χ2n) is 16.7. The summed E-state index contributed by atoms with van der Waals surface area (Å²) in [5, 5.41) is 0. The van der Waals surface area contributed by atoms with Crippen LogP contribution in [-0.4, -0.2) is 0 Å². The van der Waals surface area contributed by atoms with E-state index in [0.717, 1.165) is 17.1 Å². The van der Waals surface area contributed by atoms with Crippen LogP contribution in [0.4, 0.5) is 17.1 Å². The quantitative estimate of drug-likeness (QED) is 0.162. The number of hydrogen-bond acceptors (Lipinski definition) is 1. The van der Waals surface area contributed by atoms with Gasteiger partial charge in [0.1, 0.15) is 0 Å². The van der Waals surface area contributed by atoms with Crippen molar-refractivity contribution in [3.8, 4) is 77.9 Å². The van der Waals surface area contributed by atoms with Gasteiger partial charge in [0.2, 0.25) is 0 Å². The van der Waals surface area contributed by atoms with Gasteiger partial charge >= 0.3 is 0 Å². The van der Waals surface area contributed by atoms with Crippen molar-refractivity contribution in [3.05, 3.63) is 259 Å². The molecule has 3 aliphatic rings. The lowest BCUT2D eigenvalue weighted by Gasteiger charge is -2.35. The molecule has 3 aliphatic carbocycles. The maximum Gasteiger partial charge on any atom is 0.0714 e. The highest BCUT2D eigenvalue weighted by Crippen LogP contribution is 2.59. The van der Waals surface area contributed by atoms with E-state index in [1.54, 1.807) is 0 Å². The summed E-state index contributed by atoms with van der Waals surface area (Å²) >= 11 is 0. The normalized spacial score (nSPS) is 13.0. The summed E-state index contributed by atoms with van der Waals surface area (Å²) in [6.07, 6.45) is 0. The predicted octanol–water partition coefficient (Wildman–Crippen LogP) is 16.1. The summed E-state index contributed by atoms with van der Waals surface area (Å²) in [6, 6.07) is 88.0. The zero-order valence-electron chi connectivity index (χ0n) is 34.0. The lowest BCUT2D eigenvalue weighted by molar-refractivity contribution is 0.768. The minimum Gasteiger partial charge on any atom is -0.310 e. The van der Waals surface area contributed by atoms with Gasteiger partial charge in [0, 0.05) is 17.1 Å². The van der Waals surface area contributed by atoms with Crippen LogP contribution in [0.3, 0.4) is 0 Å². The number of hydrogen-bond donors (Lipinski definition) is 0. The van der Waals surface area contributed by atoms with Crippen LogP contribution in [0.5, 0.6) is 0 Å². The van der Waals surface area contributed by atoms with Crippen molar-refractivity contribution in [1.29, 1.82) is 0 Å². The average molecular weight is 786 g/mol. The van der Waals surface area contributed by atoms with Gasteiger partial charge in [-0.2, -0.15) is 0 Å². The van der Waals surface area contributed by atoms with Crippen LogP contribution in [0, 0.1) is 0 Å². The summed E-state index contributed by atoms with van der Waals surface area (Å²) < 4.78 is 0. The van der Waals surface area contributed by atoms with Crippen molar-refractivity contribution in [2.75, 3.05) is 4.90 Å². The minimum atomic E-state index is -0.514. The van der Waals surface area contributed by atoms with Crippen molar-refractivity contribution in [3.63, 3.8) is 0 Å². The van der Waals surface area contributed by atoms with Gasteiger partial charge in [-0.05, 0) is 137 Å². The van der Waals surface area contributed by atoms with Crippen molar-refractivity contribution in [1.82, 2.24) is 0 Å². The summed E-state index contributed by atoms with van der Waals surface area (Å²) in [7, 11) is 0. The van der Waals surface area contributed by atoms with Crippen molar-refractivity contribution in [2.24, 2.45) is 0 Å². The first-order chi connectivity index (χ1) is 30.8. The molecule has 0 saturated heterocycles. The lowest BCUT2D eigenvalue weighted by atomic mass is 9.67. The third-order valence-corrected chi connectivity index (χ3v) is 13.7. The molecule has 0 heterocycles. The lowest BCUT2D eigenvalue weighted by Crippen LogP contribution is -2.28. The van der Waals surface area contributed by atoms with Crippen LogP contribution < -0.4 is 4.90 Å². The fourth-order valence-electron chi connectivity index (χ4n) is 11.1. The predicted molar refractivity (Wildman–Crippen MR) is 258 cm³/mol. The molecule has 0 N–H and O–H groups in total. The molecular formula is C61H39N. The Bertz CT molecular complexity index is 3320. The monoisotopic (exact) mass is 785 g/mol. The number of nitrogens with zero attached hydrogens (tertiary/aromatic N) is 1. The Hall–Kier alpha value is -8.00. The van der Waals surface area contributed by atoms with E-state index in [9.17, 15) is 0 Å². The Morgan fingerprint density at radius 1 is 0.242 bits per heavy atom. The third kappa shape index (κ3) is 4.91. The van der Waals surface area contributed by atoms with E-state index in [1.165, 1.54) is 100 Å². The number of fused-ring (bicyclic) bond motifs is 7. The fraction of sp³-hybridized carbons (Fsp3) is 0.0164. The molecule has 288 valence electrons. The molecule has 10 aromatic rings. The SMILES string of the molecule is c1ccc(-c2ccc(N(c3ccc4c(c3)-c3c5cccc3-c3cccc-4c3-c3ccccc3-5)c3ccc4c(c3)C(c3ccccc3)(c3ccccc3)c3ccccc3-4)cc2)cc1. The Labute approximate surface area is 362 Å². The maximum atomic E-state index is 2.48.